The molecule has 2 spiro atoms. The van der Waals surface area contributed by atoms with Crippen LogP contribution in [0.1, 0.15) is 40.5 Å². The van der Waals surface area contributed by atoms with Crippen molar-refractivity contribution in [2.75, 3.05) is 19.8 Å². The molecule has 6 fully saturated rings. The molecular formula is C20H30O6. The Kier molecular flexibility index (Phi) is 2.79. The highest BCUT2D eigenvalue weighted by Crippen LogP contribution is 2.84. The summed E-state index contributed by atoms with van der Waals surface area (Å²) < 4.78 is 25.2. The van der Waals surface area contributed by atoms with Crippen molar-refractivity contribution in [3.05, 3.63) is 0 Å². The third-order valence-corrected chi connectivity index (χ3v) is 9.20. The summed E-state index contributed by atoms with van der Waals surface area (Å²) in [6.45, 7) is 9.93. The van der Waals surface area contributed by atoms with Crippen LogP contribution in [0.3, 0.4) is 0 Å². The molecule has 146 valence electrons. The minimum absolute atomic E-state index is 0.0262. The van der Waals surface area contributed by atoms with Crippen LogP contribution in [-0.2, 0) is 18.9 Å². The molecule has 0 amide bonds. The predicted octanol–water partition coefficient (Wildman–Crippen LogP) is 1.08. The second-order valence-electron chi connectivity index (χ2n) is 10.7. The van der Waals surface area contributed by atoms with Crippen molar-refractivity contribution >= 4 is 0 Å². The molecule has 4 heterocycles. The summed E-state index contributed by atoms with van der Waals surface area (Å²) >= 11 is 0. The second-order valence-corrected chi connectivity index (χ2v) is 10.7. The summed E-state index contributed by atoms with van der Waals surface area (Å²) in [6.07, 6.45) is 0.188. The largest absolute Gasteiger partial charge is 0.390 e. The molecule has 5 unspecified atom stereocenters. The Morgan fingerprint density at radius 3 is 2.54 bits per heavy atom. The highest BCUT2D eigenvalue weighted by Gasteiger charge is 2.95. The Morgan fingerprint density at radius 2 is 1.81 bits per heavy atom. The highest BCUT2D eigenvalue weighted by atomic mass is 16.7. The molecular weight excluding hydrogens is 336 g/mol. The van der Waals surface area contributed by atoms with Crippen LogP contribution in [0.5, 0.6) is 0 Å². The van der Waals surface area contributed by atoms with E-state index in [4.69, 9.17) is 18.9 Å². The Labute approximate surface area is 154 Å². The average molecular weight is 366 g/mol. The third-order valence-electron chi connectivity index (χ3n) is 9.20. The Hall–Kier alpha value is -0.240. The Bertz CT molecular complexity index is 676. The molecule has 26 heavy (non-hydrogen) atoms. The van der Waals surface area contributed by atoms with Crippen LogP contribution in [0.25, 0.3) is 0 Å². The number of hydrogen-bond donors (Lipinski definition) is 2. The quantitative estimate of drug-likeness (QED) is 0.668. The molecule has 0 aromatic heterocycles. The lowest BCUT2D eigenvalue weighted by atomic mass is 9.51. The SMILES string of the molecule is C[C@@H]1COC2CC34C5C[C@@H](C(C)(C)C)C36C(OC[C@@H]6O)O[C@@]4(CO5)[C@]21O. The van der Waals surface area contributed by atoms with E-state index >= 15 is 0 Å². The van der Waals surface area contributed by atoms with Crippen molar-refractivity contribution in [1.29, 1.82) is 0 Å². The molecule has 4 aliphatic heterocycles. The first kappa shape index (κ1) is 16.7. The topological polar surface area (TPSA) is 77.4 Å². The van der Waals surface area contributed by atoms with E-state index in [-0.39, 0.29) is 29.5 Å². The van der Waals surface area contributed by atoms with Crippen molar-refractivity contribution in [3.8, 4) is 0 Å². The van der Waals surface area contributed by atoms with E-state index in [1.165, 1.54) is 0 Å². The van der Waals surface area contributed by atoms with Gasteiger partial charge in [-0.25, -0.2) is 0 Å². The van der Waals surface area contributed by atoms with Gasteiger partial charge in [-0.15, -0.1) is 0 Å². The van der Waals surface area contributed by atoms with Gasteiger partial charge in [0, 0.05) is 11.3 Å². The molecule has 6 rings (SSSR count). The lowest BCUT2D eigenvalue weighted by Crippen LogP contribution is -2.64. The van der Waals surface area contributed by atoms with E-state index in [1.807, 2.05) is 6.92 Å². The summed E-state index contributed by atoms with van der Waals surface area (Å²) in [5, 5.41) is 23.3. The molecule has 0 aromatic carbocycles. The molecule has 2 aliphatic carbocycles. The summed E-state index contributed by atoms with van der Waals surface area (Å²) in [5.41, 5.74) is -2.96. The van der Waals surface area contributed by atoms with Crippen LogP contribution >= 0.6 is 0 Å². The Morgan fingerprint density at radius 1 is 1.04 bits per heavy atom. The second kappa shape index (κ2) is 4.34. The molecule has 0 aromatic rings. The maximum absolute atomic E-state index is 11.9. The molecule has 0 bridgehead atoms. The van der Waals surface area contributed by atoms with Crippen molar-refractivity contribution in [1.82, 2.24) is 0 Å². The van der Waals surface area contributed by atoms with Crippen LogP contribution in [0.4, 0.5) is 0 Å². The minimum atomic E-state index is -1.09. The summed E-state index contributed by atoms with van der Waals surface area (Å²) in [7, 11) is 0. The zero-order chi connectivity index (χ0) is 18.3. The first-order chi connectivity index (χ1) is 12.2. The van der Waals surface area contributed by atoms with Crippen LogP contribution in [0.2, 0.25) is 0 Å². The van der Waals surface area contributed by atoms with Crippen LogP contribution in [-0.4, -0.2) is 65.8 Å². The van der Waals surface area contributed by atoms with Crippen LogP contribution < -0.4 is 0 Å². The van der Waals surface area contributed by atoms with E-state index in [9.17, 15) is 10.2 Å². The van der Waals surface area contributed by atoms with Gasteiger partial charge in [-0.2, -0.15) is 0 Å². The van der Waals surface area contributed by atoms with E-state index in [2.05, 4.69) is 20.8 Å². The lowest BCUT2D eigenvalue weighted by molar-refractivity contribution is -0.244. The van der Waals surface area contributed by atoms with E-state index in [0.29, 0.717) is 26.2 Å². The van der Waals surface area contributed by atoms with Gasteiger partial charge in [0.2, 0.25) is 0 Å². The molecule has 6 aliphatic rings. The zero-order valence-corrected chi connectivity index (χ0v) is 16.0. The minimum Gasteiger partial charge on any atom is -0.390 e. The number of fused-ring (bicyclic) bond motifs is 1. The highest BCUT2D eigenvalue weighted by molar-refractivity contribution is 5.40. The van der Waals surface area contributed by atoms with Crippen molar-refractivity contribution < 1.29 is 29.2 Å². The molecule has 4 saturated heterocycles. The zero-order valence-electron chi connectivity index (χ0n) is 16.0. The van der Waals surface area contributed by atoms with E-state index in [1.54, 1.807) is 0 Å². The number of rotatable bonds is 0. The van der Waals surface area contributed by atoms with Gasteiger partial charge in [-0.05, 0) is 24.2 Å². The van der Waals surface area contributed by atoms with Gasteiger partial charge >= 0.3 is 0 Å². The van der Waals surface area contributed by atoms with Gasteiger partial charge in [0.25, 0.3) is 0 Å². The molecule has 2 N–H and O–H groups in total. The third kappa shape index (κ3) is 1.26. The van der Waals surface area contributed by atoms with Crippen LogP contribution in [0, 0.1) is 28.1 Å². The van der Waals surface area contributed by atoms with Gasteiger partial charge in [0.15, 0.2) is 6.29 Å². The maximum Gasteiger partial charge on any atom is 0.167 e. The molecule has 6 nitrogen and oxygen atoms in total. The van der Waals surface area contributed by atoms with E-state index < -0.39 is 34.4 Å². The summed E-state index contributed by atoms with van der Waals surface area (Å²) in [5.74, 6) is 0.165. The Balaban J connectivity index is 1.64. The fourth-order valence-electron chi connectivity index (χ4n) is 8.44. The maximum atomic E-state index is 11.9. The summed E-state index contributed by atoms with van der Waals surface area (Å²) in [6, 6.07) is 0. The average Bonchev–Trinajstić information content (AvgIpc) is 3.28. The van der Waals surface area contributed by atoms with Gasteiger partial charge in [-0.1, -0.05) is 27.7 Å². The molecule has 6 heteroatoms. The molecule has 2 saturated carbocycles. The first-order valence-electron chi connectivity index (χ1n) is 10.1. The van der Waals surface area contributed by atoms with Crippen molar-refractivity contribution in [2.24, 2.45) is 28.1 Å². The van der Waals surface area contributed by atoms with Crippen molar-refractivity contribution in [2.45, 2.75) is 76.3 Å². The van der Waals surface area contributed by atoms with Gasteiger partial charge < -0.3 is 29.2 Å². The van der Waals surface area contributed by atoms with Crippen molar-refractivity contribution in [3.63, 3.8) is 0 Å². The molecule has 0 radical (unpaired) electrons. The smallest absolute Gasteiger partial charge is 0.167 e. The van der Waals surface area contributed by atoms with Gasteiger partial charge in [0.1, 0.15) is 11.2 Å². The monoisotopic (exact) mass is 366 g/mol. The predicted molar refractivity (Wildman–Crippen MR) is 90.2 cm³/mol. The number of aliphatic hydroxyl groups is 2. The fourth-order valence-corrected chi connectivity index (χ4v) is 8.44. The first-order valence-corrected chi connectivity index (χ1v) is 10.1. The van der Waals surface area contributed by atoms with Crippen LogP contribution in [0.15, 0.2) is 0 Å². The number of ether oxygens (including phenoxy) is 4. The lowest BCUT2D eigenvalue weighted by Gasteiger charge is -2.49. The van der Waals surface area contributed by atoms with E-state index in [0.717, 1.165) is 6.42 Å². The van der Waals surface area contributed by atoms with Gasteiger partial charge in [-0.3, -0.25) is 0 Å². The standard InChI is InChI=1S/C20H30O6/c1-10-7-23-14-6-17-13-5-11(16(2,3)4)19(17)12(21)8-24-15(19)26-18(17,9-25-13)20(10,14)22/h10-15,21-22H,5-9H2,1-4H3/t10-,11+,12+,13?,14?,15?,17?,18-,19?,20-/m1/s1. The normalized spacial score (nSPS) is 65.3. The fraction of sp³-hybridized carbons (Fsp3) is 1.00. The summed E-state index contributed by atoms with van der Waals surface area (Å²) in [4.78, 5) is 0. The molecule has 10 atom stereocenters. The number of hydrogen-bond acceptors (Lipinski definition) is 6. The number of aliphatic hydroxyl groups excluding tert-OH is 1. The van der Waals surface area contributed by atoms with Gasteiger partial charge in [0.05, 0.1) is 43.5 Å².